The average molecular weight is 220 g/mol. The summed E-state index contributed by atoms with van der Waals surface area (Å²) in [5.74, 6) is 1.17. The number of aromatic nitrogens is 1. The third-order valence-electron chi connectivity index (χ3n) is 2.84. The van der Waals surface area contributed by atoms with Crippen molar-refractivity contribution in [3.8, 4) is 0 Å². The van der Waals surface area contributed by atoms with E-state index in [4.69, 9.17) is 0 Å². The predicted octanol–water partition coefficient (Wildman–Crippen LogP) is 3.80. The maximum atomic E-state index is 4.51. The van der Waals surface area contributed by atoms with Gasteiger partial charge >= 0.3 is 0 Å². The van der Waals surface area contributed by atoms with Crippen LogP contribution in [0.5, 0.6) is 0 Å². The van der Waals surface area contributed by atoms with E-state index in [1.165, 1.54) is 37.1 Å². The number of nitrogens with zero attached hydrogens (tertiary/aromatic N) is 2. The fraction of sp³-hybridized carbons (Fsp3) is 0.643. The topological polar surface area (TPSA) is 16.1 Å². The second-order valence-electron chi connectivity index (χ2n) is 4.34. The first-order chi connectivity index (χ1) is 7.79. The summed E-state index contributed by atoms with van der Waals surface area (Å²) in [6, 6.07) is 4.16. The fourth-order valence-electron chi connectivity index (χ4n) is 1.83. The quantitative estimate of drug-likeness (QED) is 0.695. The van der Waals surface area contributed by atoms with Gasteiger partial charge in [0.15, 0.2) is 0 Å². The number of rotatable bonds is 7. The normalized spacial score (nSPS) is 10.4. The molecule has 2 nitrogen and oxygen atoms in total. The highest BCUT2D eigenvalue weighted by molar-refractivity contribution is 5.45. The van der Waals surface area contributed by atoms with Crippen LogP contribution in [0.1, 0.15) is 45.1 Å². The van der Waals surface area contributed by atoms with Gasteiger partial charge in [0.05, 0.1) is 0 Å². The van der Waals surface area contributed by atoms with Crippen molar-refractivity contribution in [2.75, 3.05) is 18.0 Å². The van der Waals surface area contributed by atoms with Crippen molar-refractivity contribution in [3.63, 3.8) is 0 Å². The van der Waals surface area contributed by atoms with Crippen LogP contribution in [0.15, 0.2) is 18.3 Å². The fourth-order valence-corrected chi connectivity index (χ4v) is 1.83. The highest BCUT2D eigenvalue weighted by atomic mass is 15.2. The Labute approximate surface area is 99.7 Å². The lowest BCUT2D eigenvalue weighted by atomic mass is 10.2. The molecular weight excluding hydrogens is 196 g/mol. The molecule has 0 unspecified atom stereocenters. The van der Waals surface area contributed by atoms with Crippen molar-refractivity contribution in [2.24, 2.45) is 0 Å². The summed E-state index contributed by atoms with van der Waals surface area (Å²) >= 11 is 0. The van der Waals surface area contributed by atoms with Gasteiger partial charge < -0.3 is 4.90 Å². The highest BCUT2D eigenvalue weighted by Crippen LogP contribution is 2.17. The SMILES string of the molecule is CCCCN(CCCC)c1ncccc1C. The average Bonchev–Trinajstić information content (AvgIpc) is 2.31. The summed E-state index contributed by atoms with van der Waals surface area (Å²) in [7, 11) is 0. The standard InChI is InChI=1S/C14H24N2/c1-4-6-11-16(12-7-5-2)14-13(3)9-8-10-15-14/h8-10H,4-7,11-12H2,1-3H3. The van der Waals surface area contributed by atoms with Crippen LogP contribution >= 0.6 is 0 Å². The molecule has 0 N–H and O–H groups in total. The van der Waals surface area contributed by atoms with Gasteiger partial charge in [-0.15, -0.1) is 0 Å². The maximum Gasteiger partial charge on any atom is 0.131 e. The Bertz CT molecular complexity index is 289. The molecule has 0 aliphatic heterocycles. The lowest BCUT2D eigenvalue weighted by Gasteiger charge is -2.24. The molecule has 0 fully saturated rings. The molecule has 0 aliphatic rings. The number of hydrogen-bond acceptors (Lipinski definition) is 2. The van der Waals surface area contributed by atoms with Crippen molar-refractivity contribution in [2.45, 2.75) is 46.5 Å². The third kappa shape index (κ3) is 3.84. The molecule has 0 bridgehead atoms. The van der Waals surface area contributed by atoms with Crippen LogP contribution in [0, 0.1) is 6.92 Å². The Kier molecular flexibility index (Phi) is 5.91. The zero-order valence-corrected chi connectivity index (χ0v) is 10.9. The maximum absolute atomic E-state index is 4.51. The number of pyridine rings is 1. The van der Waals surface area contributed by atoms with Gasteiger partial charge in [-0.05, 0) is 31.4 Å². The van der Waals surface area contributed by atoms with Crippen molar-refractivity contribution in [3.05, 3.63) is 23.9 Å². The largest absolute Gasteiger partial charge is 0.356 e. The molecule has 1 aromatic heterocycles. The van der Waals surface area contributed by atoms with E-state index in [0.717, 1.165) is 13.1 Å². The molecule has 1 heterocycles. The lowest BCUT2D eigenvalue weighted by molar-refractivity contribution is 0.669. The molecular formula is C14H24N2. The molecule has 0 amide bonds. The second-order valence-corrected chi connectivity index (χ2v) is 4.34. The van der Waals surface area contributed by atoms with E-state index in [1.807, 2.05) is 12.3 Å². The van der Waals surface area contributed by atoms with Gasteiger partial charge in [-0.1, -0.05) is 32.8 Å². The molecule has 0 radical (unpaired) electrons. The monoisotopic (exact) mass is 220 g/mol. The van der Waals surface area contributed by atoms with Crippen LogP contribution in [-0.4, -0.2) is 18.1 Å². The van der Waals surface area contributed by atoms with Crippen LogP contribution < -0.4 is 4.90 Å². The highest BCUT2D eigenvalue weighted by Gasteiger charge is 2.08. The molecule has 1 aromatic rings. The molecule has 0 spiro atoms. The Morgan fingerprint density at radius 2 is 1.75 bits per heavy atom. The minimum absolute atomic E-state index is 1.13. The van der Waals surface area contributed by atoms with Crippen molar-refractivity contribution >= 4 is 5.82 Å². The lowest BCUT2D eigenvalue weighted by Crippen LogP contribution is -2.27. The van der Waals surface area contributed by atoms with Crippen molar-refractivity contribution in [1.82, 2.24) is 4.98 Å². The molecule has 1 rings (SSSR count). The molecule has 16 heavy (non-hydrogen) atoms. The summed E-state index contributed by atoms with van der Waals surface area (Å²) < 4.78 is 0. The summed E-state index contributed by atoms with van der Waals surface area (Å²) in [6.07, 6.45) is 6.88. The van der Waals surface area contributed by atoms with Crippen LogP contribution in [0.4, 0.5) is 5.82 Å². The van der Waals surface area contributed by atoms with Crippen LogP contribution in [-0.2, 0) is 0 Å². The van der Waals surface area contributed by atoms with Gasteiger partial charge in [0, 0.05) is 19.3 Å². The molecule has 2 heteroatoms. The van der Waals surface area contributed by atoms with Crippen molar-refractivity contribution in [1.29, 1.82) is 0 Å². The van der Waals surface area contributed by atoms with Crippen molar-refractivity contribution < 1.29 is 0 Å². The number of unbranched alkanes of at least 4 members (excludes halogenated alkanes) is 2. The Morgan fingerprint density at radius 1 is 1.12 bits per heavy atom. The first-order valence-corrected chi connectivity index (χ1v) is 6.46. The first kappa shape index (κ1) is 13.0. The van der Waals surface area contributed by atoms with Gasteiger partial charge in [-0.2, -0.15) is 0 Å². The van der Waals surface area contributed by atoms with E-state index >= 15 is 0 Å². The molecule has 0 aliphatic carbocycles. The van der Waals surface area contributed by atoms with E-state index in [0.29, 0.717) is 0 Å². The number of hydrogen-bond donors (Lipinski definition) is 0. The summed E-state index contributed by atoms with van der Waals surface area (Å²) in [5.41, 5.74) is 1.29. The molecule has 0 saturated heterocycles. The van der Waals surface area contributed by atoms with Gasteiger partial charge in [0.25, 0.3) is 0 Å². The summed E-state index contributed by atoms with van der Waals surface area (Å²) in [5, 5.41) is 0. The Morgan fingerprint density at radius 3 is 2.25 bits per heavy atom. The zero-order chi connectivity index (χ0) is 11.8. The van der Waals surface area contributed by atoms with E-state index in [9.17, 15) is 0 Å². The van der Waals surface area contributed by atoms with Gasteiger partial charge in [0.2, 0.25) is 0 Å². The Hall–Kier alpha value is -1.05. The van der Waals surface area contributed by atoms with Crippen LogP contribution in [0.2, 0.25) is 0 Å². The molecule has 0 saturated carbocycles. The molecule has 0 aromatic carbocycles. The van der Waals surface area contributed by atoms with Crippen LogP contribution in [0.25, 0.3) is 0 Å². The van der Waals surface area contributed by atoms with Gasteiger partial charge in [-0.25, -0.2) is 4.98 Å². The zero-order valence-electron chi connectivity index (χ0n) is 10.9. The van der Waals surface area contributed by atoms with Gasteiger partial charge in [0.1, 0.15) is 5.82 Å². The minimum Gasteiger partial charge on any atom is -0.356 e. The van der Waals surface area contributed by atoms with E-state index in [1.54, 1.807) is 0 Å². The van der Waals surface area contributed by atoms with Crippen LogP contribution in [0.3, 0.4) is 0 Å². The molecule has 0 atom stereocenters. The minimum atomic E-state index is 1.13. The van der Waals surface area contributed by atoms with E-state index < -0.39 is 0 Å². The smallest absolute Gasteiger partial charge is 0.131 e. The third-order valence-corrected chi connectivity index (χ3v) is 2.84. The van der Waals surface area contributed by atoms with E-state index in [-0.39, 0.29) is 0 Å². The predicted molar refractivity (Wildman–Crippen MR) is 71.0 cm³/mol. The summed E-state index contributed by atoms with van der Waals surface area (Å²) in [6.45, 7) is 8.89. The summed E-state index contributed by atoms with van der Waals surface area (Å²) in [4.78, 5) is 6.94. The number of aryl methyl sites for hydroxylation is 1. The number of anilines is 1. The van der Waals surface area contributed by atoms with Gasteiger partial charge in [-0.3, -0.25) is 0 Å². The second kappa shape index (κ2) is 7.26. The molecule has 90 valence electrons. The Balaban J connectivity index is 2.70. The first-order valence-electron chi connectivity index (χ1n) is 6.46. The van der Waals surface area contributed by atoms with E-state index in [2.05, 4.69) is 36.7 Å².